The first-order valence-corrected chi connectivity index (χ1v) is 16.3. The van der Waals surface area contributed by atoms with Crippen LogP contribution in [0.15, 0.2) is 182 Å². The molecule has 0 radical (unpaired) electrons. The molecule has 4 nitrogen and oxygen atoms in total. The maximum absolute atomic E-state index is 7.50. The molecule has 0 saturated heterocycles. The van der Waals surface area contributed by atoms with Crippen molar-refractivity contribution in [2.75, 3.05) is 0 Å². The minimum absolute atomic E-state index is 0. The Morgan fingerprint density at radius 1 is 0.234 bits per heavy atom. The van der Waals surface area contributed by atoms with E-state index in [1.807, 2.05) is 0 Å². The van der Waals surface area contributed by atoms with Gasteiger partial charge in [0, 0.05) is 17.4 Å². The van der Waals surface area contributed by atoms with Gasteiger partial charge < -0.3 is 0 Å². The van der Waals surface area contributed by atoms with E-state index in [1.165, 1.54) is 31.8 Å². The summed E-state index contributed by atoms with van der Waals surface area (Å²) in [5.74, 6) is 0. The first-order chi connectivity index (χ1) is 22.9. The van der Waals surface area contributed by atoms with E-state index in [9.17, 15) is 0 Å². The molecule has 0 spiro atoms. The van der Waals surface area contributed by atoms with Crippen molar-refractivity contribution < 1.29 is 36.0 Å². The summed E-state index contributed by atoms with van der Waals surface area (Å²) in [5, 5.41) is 8.39. The molecular weight excluding hydrogens is 658 g/mol. The van der Waals surface area contributed by atoms with Gasteiger partial charge in [-0.1, -0.05) is 182 Å². The average Bonchev–Trinajstić information content (AvgIpc) is 3.18. The molecule has 0 aliphatic heterocycles. The Hall–Kier alpha value is -4.33. The van der Waals surface area contributed by atoms with E-state index in [0.717, 1.165) is 0 Å². The monoisotopic (exact) mass is 688 g/mol. The Labute approximate surface area is 291 Å². The molecular formula is C40H30CrO4P2. The predicted octanol–water partition coefficient (Wildman–Crippen LogP) is 6.74. The van der Waals surface area contributed by atoms with E-state index < -0.39 is 15.8 Å². The quantitative estimate of drug-likeness (QED) is 0.106. The van der Waals surface area contributed by atoms with Gasteiger partial charge in [-0.2, -0.15) is 0 Å². The average molecular weight is 689 g/mol. The summed E-state index contributed by atoms with van der Waals surface area (Å²) in [5.41, 5.74) is 0. The minimum atomic E-state index is -0.446. The molecule has 6 rings (SSSR count). The third-order valence-electron chi connectivity index (χ3n) is 6.09. The molecule has 0 heterocycles. The van der Waals surface area contributed by atoms with Crippen LogP contribution in [0, 0.1) is 26.6 Å². The van der Waals surface area contributed by atoms with Crippen LogP contribution in [0.3, 0.4) is 0 Å². The summed E-state index contributed by atoms with van der Waals surface area (Å²) >= 11 is 0. The smallest absolute Gasteiger partial charge is 0 e. The van der Waals surface area contributed by atoms with Crippen molar-refractivity contribution in [3.8, 4) is 0 Å². The van der Waals surface area contributed by atoms with E-state index in [2.05, 4.69) is 209 Å². The summed E-state index contributed by atoms with van der Waals surface area (Å²) < 4.78 is 30.0. The van der Waals surface area contributed by atoms with Crippen molar-refractivity contribution in [3.05, 3.63) is 209 Å². The molecule has 0 bridgehead atoms. The Bertz CT molecular complexity index is 1350. The summed E-state index contributed by atoms with van der Waals surface area (Å²) in [6.07, 6.45) is 0. The molecule has 230 valence electrons. The van der Waals surface area contributed by atoms with Crippen molar-refractivity contribution in [3.63, 3.8) is 0 Å². The molecule has 0 aromatic heterocycles. The van der Waals surface area contributed by atoms with E-state index >= 15 is 0 Å². The fraction of sp³-hybridized carbons (Fsp3) is 0. The summed E-state index contributed by atoms with van der Waals surface area (Å²) in [6, 6.07) is 64.7. The SMILES string of the molecule is [C-]#[O+].[C-]#[O+].[C-]#[O+].[C-]#[O+].[Cr].c1ccc(P(c2ccccc2)c2ccccc2)cc1.c1ccc(P(c2ccccc2)c2ccccc2)cc1. The van der Waals surface area contributed by atoms with Gasteiger partial charge in [0.1, 0.15) is 0 Å². The zero-order valence-corrected chi connectivity index (χ0v) is 28.3. The van der Waals surface area contributed by atoms with E-state index in [0.29, 0.717) is 0 Å². The second-order valence-corrected chi connectivity index (χ2v) is 13.1. The van der Waals surface area contributed by atoms with Gasteiger partial charge in [-0.3, -0.25) is 0 Å². The summed E-state index contributed by atoms with van der Waals surface area (Å²) in [6.45, 7) is 18.0. The minimum Gasteiger partial charge on any atom is -0.0622 e. The van der Waals surface area contributed by atoms with Gasteiger partial charge in [0.05, 0.1) is 0 Å². The van der Waals surface area contributed by atoms with Crippen LogP contribution in [0.5, 0.6) is 0 Å². The second-order valence-electron chi connectivity index (χ2n) is 8.68. The topological polar surface area (TPSA) is 79.6 Å². The molecule has 0 aliphatic carbocycles. The molecule has 0 amide bonds. The number of rotatable bonds is 6. The Morgan fingerprint density at radius 2 is 0.340 bits per heavy atom. The van der Waals surface area contributed by atoms with Gasteiger partial charge in [0.15, 0.2) is 0 Å². The second kappa shape index (κ2) is 27.9. The number of hydrogen-bond donors (Lipinski definition) is 0. The first-order valence-electron chi connectivity index (χ1n) is 13.6. The van der Waals surface area contributed by atoms with Crippen LogP contribution in [-0.2, 0) is 36.0 Å². The Morgan fingerprint density at radius 3 is 0.447 bits per heavy atom. The van der Waals surface area contributed by atoms with Gasteiger partial charge in [0.25, 0.3) is 0 Å². The van der Waals surface area contributed by atoms with Crippen molar-refractivity contribution in [2.45, 2.75) is 0 Å². The standard InChI is InChI=1S/2C18H15P.4CO.Cr/c2*1-4-10-16(11-5-1)19(17-12-6-2-7-13-17)18-14-8-3-9-15-18;4*1-2;/h2*1-15H;;;;;. The molecule has 0 N–H and O–H groups in total. The molecule has 0 aliphatic rings. The normalized spacial score (nSPS) is 8.72. The summed E-state index contributed by atoms with van der Waals surface area (Å²) in [4.78, 5) is 0. The predicted molar refractivity (Wildman–Crippen MR) is 186 cm³/mol. The third-order valence-corrected chi connectivity index (χ3v) is 11.0. The molecule has 0 atom stereocenters. The Kier molecular flexibility index (Phi) is 25.4. The van der Waals surface area contributed by atoms with Gasteiger partial charge in [-0.05, 0) is 47.7 Å². The van der Waals surface area contributed by atoms with Crippen molar-refractivity contribution in [1.29, 1.82) is 0 Å². The van der Waals surface area contributed by atoms with Crippen LogP contribution in [0.1, 0.15) is 0 Å². The van der Waals surface area contributed by atoms with Crippen molar-refractivity contribution in [1.82, 2.24) is 0 Å². The maximum atomic E-state index is 7.50. The number of hydrogen-bond acceptors (Lipinski definition) is 0. The molecule has 6 aromatic carbocycles. The molecule has 7 heteroatoms. The van der Waals surface area contributed by atoms with Crippen LogP contribution < -0.4 is 31.8 Å². The van der Waals surface area contributed by atoms with Crippen molar-refractivity contribution in [2.24, 2.45) is 0 Å². The van der Waals surface area contributed by atoms with Crippen LogP contribution in [0.2, 0.25) is 0 Å². The molecule has 0 unspecified atom stereocenters. The van der Waals surface area contributed by atoms with Crippen LogP contribution in [0.4, 0.5) is 0 Å². The van der Waals surface area contributed by atoms with E-state index in [4.69, 9.17) is 18.6 Å². The maximum Gasteiger partial charge on any atom is 0 e. The molecule has 47 heavy (non-hydrogen) atoms. The zero-order valence-electron chi connectivity index (χ0n) is 25.3. The van der Waals surface area contributed by atoms with Crippen LogP contribution in [0.25, 0.3) is 0 Å². The molecule has 0 fully saturated rings. The molecule has 0 saturated carbocycles. The third kappa shape index (κ3) is 14.3. The summed E-state index contributed by atoms with van der Waals surface area (Å²) in [7, 11) is -0.892. The van der Waals surface area contributed by atoms with Crippen molar-refractivity contribution >= 4 is 47.7 Å². The largest absolute Gasteiger partial charge is 0.0622 e. The Balaban J connectivity index is 0.000000731. The van der Waals surface area contributed by atoms with E-state index in [1.54, 1.807) is 0 Å². The van der Waals surface area contributed by atoms with Crippen LogP contribution in [-0.4, -0.2) is 0 Å². The van der Waals surface area contributed by atoms with Gasteiger partial charge in [0.2, 0.25) is 0 Å². The van der Waals surface area contributed by atoms with Gasteiger partial charge in [-0.25, -0.2) is 0 Å². The zero-order chi connectivity index (χ0) is 33.8. The molecule has 6 aromatic rings. The number of benzene rings is 6. The van der Waals surface area contributed by atoms with Crippen LogP contribution >= 0.6 is 15.8 Å². The van der Waals surface area contributed by atoms with Gasteiger partial charge in [-0.15, -0.1) is 0 Å². The van der Waals surface area contributed by atoms with E-state index in [-0.39, 0.29) is 17.4 Å². The first kappa shape index (κ1) is 42.7. The fourth-order valence-electron chi connectivity index (χ4n) is 4.36. The van der Waals surface area contributed by atoms with Gasteiger partial charge >= 0.3 is 45.2 Å². The fourth-order valence-corrected chi connectivity index (χ4v) is 8.97.